The molecule has 1 heterocycles. The summed E-state index contributed by atoms with van der Waals surface area (Å²) >= 11 is 5.86. The lowest BCUT2D eigenvalue weighted by molar-refractivity contribution is -0.121. The molecule has 0 saturated carbocycles. The minimum Gasteiger partial charge on any atom is -0.497 e. The standard InChI is InChI=1S/C21H23ClN4O4S/c1-26-13-12-23-21(26)20(15-6-8-17(30-2)9-7-15)25-19(27)10-11-24-31(28,29)18-5-3-4-16(22)14-18/h3-9,12-14,20,24H,10-11H2,1-2H3,(H,25,27). The molecule has 3 rings (SSSR count). The summed E-state index contributed by atoms with van der Waals surface area (Å²) in [5, 5.41) is 3.25. The molecule has 1 amide bonds. The summed E-state index contributed by atoms with van der Waals surface area (Å²) in [7, 11) is -0.343. The maximum absolute atomic E-state index is 12.6. The van der Waals surface area contributed by atoms with E-state index in [4.69, 9.17) is 16.3 Å². The quantitative estimate of drug-likeness (QED) is 0.509. The maximum Gasteiger partial charge on any atom is 0.240 e. The normalized spacial score (nSPS) is 12.4. The Morgan fingerprint density at radius 1 is 1.23 bits per heavy atom. The number of ether oxygens (including phenoxy) is 1. The van der Waals surface area contributed by atoms with E-state index in [-0.39, 0.29) is 23.8 Å². The number of nitrogens with zero attached hydrogens (tertiary/aromatic N) is 2. The Kier molecular flexibility index (Phi) is 7.32. The van der Waals surface area contributed by atoms with Crippen molar-refractivity contribution in [3.63, 3.8) is 0 Å². The van der Waals surface area contributed by atoms with Crippen LogP contribution in [0.25, 0.3) is 0 Å². The second kappa shape index (κ2) is 9.95. The molecular formula is C21H23ClN4O4S. The first-order valence-electron chi connectivity index (χ1n) is 9.46. The van der Waals surface area contributed by atoms with Crippen molar-refractivity contribution in [2.45, 2.75) is 17.4 Å². The summed E-state index contributed by atoms with van der Waals surface area (Å²) in [6.45, 7) is -0.0590. The van der Waals surface area contributed by atoms with E-state index >= 15 is 0 Å². The number of imidazole rings is 1. The third-order valence-electron chi connectivity index (χ3n) is 4.62. The molecular weight excluding hydrogens is 440 g/mol. The van der Waals surface area contributed by atoms with Crippen molar-refractivity contribution in [3.8, 4) is 5.75 Å². The van der Waals surface area contributed by atoms with E-state index in [9.17, 15) is 13.2 Å². The number of methoxy groups -OCH3 is 1. The van der Waals surface area contributed by atoms with Crippen LogP contribution in [0.3, 0.4) is 0 Å². The second-order valence-electron chi connectivity index (χ2n) is 6.78. The lowest BCUT2D eigenvalue weighted by Gasteiger charge is -2.19. The molecule has 1 unspecified atom stereocenters. The topological polar surface area (TPSA) is 102 Å². The Morgan fingerprint density at radius 3 is 2.58 bits per heavy atom. The largest absolute Gasteiger partial charge is 0.497 e. The minimum absolute atomic E-state index is 0.0448. The summed E-state index contributed by atoms with van der Waals surface area (Å²) in [4.78, 5) is 17.0. The highest BCUT2D eigenvalue weighted by Crippen LogP contribution is 2.23. The molecule has 1 atom stereocenters. The van der Waals surface area contributed by atoms with E-state index in [1.54, 1.807) is 43.8 Å². The van der Waals surface area contributed by atoms with Crippen LogP contribution >= 0.6 is 11.6 Å². The van der Waals surface area contributed by atoms with Crippen LogP contribution in [0.5, 0.6) is 5.75 Å². The first-order valence-corrected chi connectivity index (χ1v) is 11.3. The zero-order chi connectivity index (χ0) is 22.4. The van der Waals surface area contributed by atoms with Gasteiger partial charge in [-0.05, 0) is 35.9 Å². The lowest BCUT2D eigenvalue weighted by Crippen LogP contribution is -2.34. The molecule has 164 valence electrons. The van der Waals surface area contributed by atoms with E-state index in [0.717, 1.165) is 5.56 Å². The van der Waals surface area contributed by atoms with Gasteiger partial charge in [0.2, 0.25) is 15.9 Å². The fourth-order valence-corrected chi connectivity index (χ4v) is 4.33. The van der Waals surface area contributed by atoms with Crippen molar-refractivity contribution in [2.24, 2.45) is 7.05 Å². The summed E-state index contributed by atoms with van der Waals surface area (Å²) in [6, 6.07) is 12.7. The van der Waals surface area contributed by atoms with Gasteiger partial charge in [-0.15, -0.1) is 0 Å². The average Bonchev–Trinajstić information content (AvgIpc) is 3.17. The summed E-state index contributed by atoms with van der Waals surface area (Å²) in [6.07, 6.45) is 3.39. The van der Waals surface area contributed by atoms with Gasteiger partial charge in [0.15, 0.2) is 0 Å². The highest BCUT2D eigenvalue weighted by atomic mass is 35.5. The number of aryl methyl sites for hydroxylation is 1. The van der Waals surface area contributed by atoms with Crippen molar-refractivity contribution < 1.29 is 17.9 Å². The Labute approximate surface area is 186 Å². The van der Waals surface area contributed by atoms with E-state index in [0.29, 0.717) is 16.6 Å². The average molecular weight is 463 g/mol. The lowest BCUT2D eigenvalue weighted by atomic mass is 10.1. The van der Waals surface area contributed by atoms with Gasteiger partial charge < -0.3 is 14.6 Å². The van der Waals surface area contributed by atoms with Gasteiger partial charge in [0.25, 0.3) is 0 Å². The van der Waals surface area contributed by atoms with Crippen LogP contribution in [0.2, 0.25) is 5.02 Å². The molecule has 2 N–H and O–H groups in total. The molecule has 3 aromatic rings. The molecule has 0 radical (unpaired) electrons. The van der Waals surface area contributed by atoms with Crippen LogP contribution in [0.1, 0.15) is 23.9 Å². The van der Waals surface area contributed by atoms with Crippen LogP contribution in [-0.4, -0.2) is 37.5 Å². The first kappa shape index (κ1) is 22.8. The van der Waals surface area contributed by atoms with Gasteiger partial charge in [0, 0.05) is 37.4 Å². The molecule has 0 saturated heterocycles. The fourth-order valence-electron chi connectivity index (χ4n) is 3.00. The molecule has 31 heavy (non-hydrogen) atoms. The van der Waals surface area contributed by atoms with Gasteiger partial charge in [-0.3, -0.25) is 4.79 Å². The predicted molar refractivity (Wildman–Crippen MR) is 117 cm³/mol. The molecule has 2 aromatic carbocycles. The summed E-state index contributed by atoms with van der Waals surface area (Å²) < 4.78 is 34.2. The Bertz CT molecular complexity index is 1150. The molecule has 0 bridgehead atoms. The van der Waals surface area contributed by atoms with Gasteiger partial charge in [-0.1, -0.05) is 29.8 Å². The first-order chi connectivity index (χ1) is 14.8. The number of aromatic nitrogens is 2. The number of amides is 1. The number of halogens is 1. The summed E-state index contributed by atoms with van der Waals surface area (Å²) in [5.74, 6) is 1.03. The molecule has 8 nitrogen and oxygen atoms in total. The predicted octanol–water partition coefficient (Wildman–Crippen LogP) is 2.66. The zero-order valence-corrected chi connectivity index (χ0v) is 18.7. The highest BCUT2D eigenvalue weighted by molar-refractivity contribution is 7.89. The SMILES string of the molecule is COc1ccc(C(NC(=O)CCNS(=O)(=O)c2cccc(Cl)c2)c2nccn2C)cc1. The number of sulfonamides is 1. The van der Waals surface area contributed by atoms with Gasteiger partial charge in [-0.25, -0.2) is 18.1 Å². The van der Waals surface area contributed by atoms with Crippen molar-refractivity contribution >= 4 is 27.5 Å². The Morgan fingerprint density at radius 2 is 1.97 bits per heavy atom. The van der Waals surface area contributed by atoms with Gasteiger partial charge in [0.1, 0.15) is 17.6 Å². The summed E-state index contributed by atoms with van der Waals surface area (Å²) in [5.41, 5.74) is 0.822. The number of carbonyl (C=O) groups is 1. The monoisotopic (exact) mass is 462 g/mol. The van der Waals surface area contributed by atoms with Crippen LogP contribution in [0.4, 0.5) is 0 Å². The van der Waals surface area contributed by atoms with Crippen LogP contribution < -0.4 is 14.8 Å². The van der Waals surface area contributed by atoms with Crippen molar-refractivity contribution in [3.05, 3.63) is 77.3 Å². The van der Waals surface area contributed by atoms with E-state index in [1.165, 1.54) is 12.1 Å². The van der Waals surface area contributed by atoms with E-state index in [1.807, 2.05) is 23.7 Å². The van der Waals surface area contributed by atoms with E-state index < -0.39 is 16.1 Å². The third-order valence-corrected chi connectivity index (χ3v) is 6.32. The van der Waals surface area contributed by atoms with Crippen molar-refractivity contribution in [1.29, 1.82) is 0 Å². The van der Waals surface area contributed by atoms with Gasteiger partial charge >= 0.3 is 0 Å². The number of benzene rings is 2. The van der Waals surface area contributed by atoms with Crippen molar-refractivity contribution in [1.82, 2.24) is 19.6 Å². The number of rotatable bonds is 9. The molecule has 1 aromatic heterocycles. The molecule has 0 aliphatic carbocycles. The zero-order valence-electron chi connectivity index (χ0n) is 17.1. The highest BCUT2D eigenvalue weighted by Gasteiger charge is 2.21. The number of hydrogen-bond donors (Lipinski definition) is 2. The number of carbonyl (C=O) groups excluding carboxylic acids is 1. The molecule has 0 aliphatic heterocycles. The molecule has 0 fully saturated rings. The number of hydrogen-bond acceptors (Lipinski definition) is 5. The van der Waals surface area contributed by atoms with Crippen LogP contribution in [0.15, 0.2) is 65.8 Å². The third kappa shape index (κ3) is 5.84. The van der Waals surface area contributed by atoms with Gasteiger partial charge in [-0.2, -0.15) is 0 Å². The van der Waals surface area contributed by atoms with Crippen LogP contribution in [-0.2, 0) is 21.9 Å². The second-order valence-corrected chi connectivity index (χ2v) is 8.98. The van der Waals surface area contributed by atoms with Crippen molar-refractivity contribution in [2.75, 3.05) is 13.7 Å². The van der Waals surface area contributed by atoms with E-state index in [2.05, 4.69) is 15.0 Å². The molecule has 0 spiro atoms. The fraction of sp³-hybridized carbons (Fsp3) is 0.238. The Balaban J connectivity index is 1.67. The smallest absolute Gasteiger partial charge is 0.240 e. The molecule has 0 aliphatic rings. The molecule has 10 heteroatoms. The number of nitrogens with one attached hydrogen (secondary N) is 2. The van der Waals surface area contributed by atoms with Crippen LogP contribution in [0, 0.1) is 0 Å². The maximum atomic E-state index is 12.6. The minimum atomic E-state index is -3.76. The Hall–Kier alpha value is -2.88. The van der Waals surface area contributed by atoms with Gasteiger partial charge in [0.05, 0.1) is 12.0 Å².